The molecule has 1 aromatic heterocycles. The van der Waals surface area contributed by atoms with Crippen molar-refractivity contribution in [3.8, 4) is 0 Å². The number of hydrogen-bond acceptors (Lipinski definition) is 2. The monoisotopic (exact) mass is 260 g/mol. The summed E-state index contributed by atoms with van der Waals surface area (Å²) >= 11 is 0. The highest BCUT2D eigenvalue weighted by Gasteiger charge is 2.28. The summed E-state index contributed by atoms with van der Waals surface area (Å²) in [4.78, 5) is 16.8. The molecule has 0 aliphatic carbocycles. The molecule has 1 aromatic rings. The highest BCUT2D eigenvalue weighted by Crippen LogP contribution is 2.36. The molecule has 19 heavy (non-hydrogen) atoms. The number of nitrogens with zero attached hydrogens (tertiary/aromatic N) is 2. The minimum absolute atomic E-state index is 0.0722. The highest BCUT2D eigenvalue weighted by atomic mass is 16.4. The lowest BCUT2D eigenvalue weighted by Crippen LogP contribution is -2.22. The minimum atomic E-state index is -0.893. The van der Waals surface area contributed by atoms with Gasteiger partial charge in [0.1, 0.15) is 0 Å². The fraction of sp³-hybridized carbons (Fsp3) is 0.467. The maximum absolute atomic E-state index is 11.0. The Labute approximate surface area is 113 Å². The Hall–Kier alpha value is -1.84. The van der Waals surface area contributed by atoms with Crippen molar-refractivity contribution in [3.63, 3.8) is 0 Å². The van der Waals surface area contributed by atoms with E-state index in [9.17, 15) is 4.79 Å². The third kappa shape index (κ3) is 2.62. The zero-order chi connectivity index (χ0) is 14.2. The van der Waals surface area contributed by atoms with Gasteiger partial charge in [0.05, 0.1) is 18.8 Å². The predicted molar refractivity (Wildman–Crippen MR) is 73.9 cm³/mol. The first-order valence-electron chi connectivity index (χ1n) is 6.41. The van der Waals surface area contributed by atoms with Gasteiger partial charge >= 0.3 is 6.09 Å². The molecule has 0 fully saturated rings. The molecule has 0 saturated carbocycles. The van der Waals surface area contributed by atoms with E-state index < -0.39 is 6.09 Å². The molecular weight excluding hydrogens is 240 g/mol. The Morgan fingerprint density at radius 1 is 1.53 bits per heavy atom. The average molecular weight is 260 g/mol. The maximum Gasteiger partial charge on any atom is 0.407 e. The molecule has 0 saturated heterocycles. The zero-order valence-corrected chi connectivity index (χ0v) is 11.7. The summed E-state index contributed by atoms with van der Waals surface area (Å²) in [6, 6.07) is 2.07. The number of aromatic nitrogens is 1. The molecule has 1 unspecified atom stereocenters. The Morgan fingerprint density at radius 3 is 2.74 bits per heavy atom. The molecule has 1 atom stereocenters. The van der Waals surface area contributed by atoms with E-state index in [1.54, 1.807) is 0 Å². The summed E-state index contributed by atoms with van der Waals surface area (Å²) in [7, 11) is 0. The second-order valence-electron chi connectivity index (χ2n) is 6.09. The maximum atomic E-state index is 11.0. The summed E-state index contributed by atoms with van der Waals surface area (Å²) in [5.74, 6) is 0.212. The second kappa shape index (κ2) is 4.68. The fourth-order valence-corrected chi connectivity index (χ4v) is 2.57. The van der Waals surface area contributed by atoms with Crippen molar-refractivity contribution < 1.29 is 9.90 Å². The normalized spacial score (nSPS) is 16.1. The third-order valence-corrected chi connectivity index (χ3v) is 3.58. The third-order valence-electron chi connectivity index (χ3n) is 3.58. The number of fused-ring (bicyclic) bond motifs is 1. The smallest absolute Gasteiger partial charge is 0.407 e. The second-order valence-corrected chi connectivity index (χ2v) is 6.09. The predicted octanol–water partition coefficient (Wildman–Crippen LogP) is 3.39. The summed E-state index contributed by atoms with van der Waals surface area (Å²) in [5.41, 5.74) is 3.05. The van der Waals surface area contributed by atoms with Crippen molar-refractivity contribution in [2.24, 2.45) is 5.41 Å². The number of carbonyl (C=O) groups is 1. The molecule has 1 aliphatic heterocycles. The van der Waals surface area contributed by atoms with Crippen LogP contribution in [-0.4, -0.2) is 21.1 Å². The molecule has 0 aromatic carbocycles. The van der Waals surface area contributed by atoms with E-state index in [-0.39, 0.29) is 11.3 Å². The van der Waals surface area contributed by atoms with Gasteiger partial charge in [0.15, 0.2) is 0 Å². The van der Waals surface area contributed by atoms with E-state index in [0.717, 1.165) is 16.8 Å². The van der Waals surface area contributed by atoms with Crippen LogP contribution in [-0.2, 0) is 13.1 Å². The summed E-state index contributed by atoms with van der Waals surface area (Å²) in [5, 5.41) is 9.02. The van der Waals surface area contributed by atoms with Crippen molar-refractivity contribution in [2.45, 2.75) is 39.8 Å². The van der Waals surface area contributed by atoms with Crippen LogP contribution in [0.25, 0.3) is 0 Å². The van der Waals surface area contributed by atoms with Crippen LogP contribution in [0.15, 0.2) is 24.9 Å². The number of hydrogen-bond donors (Lipinski definition) is 1. The number of rotatable bonds is 2. The van der Waals surface area contributed by atoms with Gasteiger partial charge < -0.3 is 5.11 Å². The lowest BCUT2D eigenvalue weighted by atomic mass is 9.77. The molecule has 2 rings (SSSR count). The van der Waals surface area contributed by atoms with Crippen LogP contribution >= 0.6 is 0 Å². The van der Waals surface area contributed by atoms with Gasteiger partial charge in [-0.3, -0.25) is 9.88 Å². The van der Waals surface area contributed by atoms with Crippen LogP contribution in [0.1, 0.15) is 43.5 Å². The van der Waals surface area contributed by atoms with Gasteiger partial charge in [-0.05, 0) is 22.6 Å². The lowest BCUT2D eigenvalue weighted by molar-refractivity contribution is 0.145. The molecule has 4 heteroatoms. The van der Waals surface area contributed by atoms with Crippen molar-refractivity contribution in [1.29, 1.82) is 0 Å². The lowest BCUT2D eigenvalue weighted by Gasteiger charge is -2.28. The first kappa shape index (κ1) is 13.6. The van der Waals surface area contributed by atoms with E-state index in [2.05, 4.69) is 38.4 Å². The quantitative estimate of drug-likeness (QED) is 0.829. The van der Waals surface area contributed by atoms with Crippen molar-refractivity contribution in [2.75, 3.05) is 0 Å². The van der Waals surface area contributed by atoms with Crippen LogP contribution in [0.2, 0.25) is 0 Å². The average Bonchev–Trinajstić information content (AvgIpc) is 2.71. The van der Waals surface area contributed by atoms with Crippen molar-refractivity contribution >= 4 is 6.09 Å². The summed E-state index contributed by atoms with van der Waals surface area (Å²) in [6.45, 7) is 11.2. The van der Waals surface area contributed by atoms with Gasteiger partial charge in [0.2, 0.25) is 0 Å². The SMILES string of the molecule is C=CC(c1cnc2c(c1)CN(C(=O)O)C2)C(C)(C)C. The molecule has 0 bridgehead atoms. The van der Waals surface area contributed by atoms with E-state index in [1.807, 2.05) is 12.3 Å². The molecule has 0 radical (unpaired) electrons. The van der Waals surface area contributed by atoms with Crippen LogP contribution < -0.4 is 0 Å². The molecule has 1 amide bonds. The Balaban J connectivity index is 2.31. The van der Waals surface area contributed by atoms with E-state index in [0.29, 0.717) is 13.1 Å². The van der Waals surface area contributed by atoms with Gasteiger partial charge in [-0.25, -0.2) is 4.79 Å². The van der Waals surface area contributed by atoms with Gasteiger partial charge in [-0.1, -0.05) is 26.8 Å². The fourth-order valence-electron chi connectivity index (χ4n) is 2.57. The topological polar surface area (TPSA) is 53.4 Å². The van der Waals surface area contributed by atoms with E-state index in [4.69, 9.17) is 5.11 Å². The summed E-state index contributed by atoms with van der Waals surface area (Å²) in [6.07, 6.45) is 2.89. The molecule has 0 spiro atoms. The van der Waals surface area contributed by atoms with Crippen LogP contribution in [0.4, 0.5) is 4.79 Å². The minimum Gasteiger partial charge on any atom is -0.465 e. The van der Waals surface area contributed by atoms with E-state index >= 15 is 0 Å². The van der Waals surface area contributed by atoms with Gasteiger partial charge in [0, 0.05) is 12.1 Å². The van der Waals surface area contributed by atoms with Gasteiger partial charge in [0.25, 0.3) is 0 Å². The van der Waals surface area contributed by atoms with Crippen LogP contribution in [0.3, 0.4) is 0 Å². The largest absolute Gasteiger partial charge is 0.465 e. The molecule has 1 aliphatic rings. The van der Waals surface area contributed by atoms with Gasteiger partial charge in [-0.2, -0.15) is 0 Å². The summed E-state index contributed by atoms with van der Waals surface area (Å²) < 4.78 is 0. The number of pyridine rings is 1. The van der Waals surface area contributed by atoms with Crippen LogP contribution in [0.5, 0.6) is 0 Å². The highest BCUT2D eigenvalue weighted by molar-refractivity contribution is 5.66. The first-order valence-corrected chi connectivity index (χ1v) is 6.41. The van der Waals surface area contributed by atoms with Gasteiger partial charge in [-0.15, -0.1) is 6.58 Å². The van der Waals surface area contributed by atoms with Crippen molar-refractivity contribution in [1.82, 2.24) is 9.88 Å². The molecular formula is C15H20N2O2. The Morgan fingerprint density at radius 2 is 2.21 bits per heavy atom. The number of allylic oxidation sites excluding steroid dienone is 1. The first-order chi connectivity index (χ1) is 8.82. The zero-order valence-electron chi connectivity index (χ0n) is 11.7. The number of carboxylic acid groups (broad SMARTS) is 1. The van der Waals surface area contributed by atoms with E-state index in [1.165, 1.54) is 4.90 Å². The standard InChI is InChI=1S/C15H20N2O2/c1-5-12(15(2,3)4)10-6-11-8-17(14(18)19)9-13(11)16-7-10/h5-7,12H,1,8-9H2,2-4H3,(H,18,19). The van der Waals surface area contributed by atoms with Crippen molar-refractivity contribution in [3.05, 3.63) is 41.7 Å². The molecule has 4 nitrogen and oxygen atoms in total. The molecule has 2 heterocycles. The Bertz CT molecular complexity index is 517. The number of amides is 1. The molecule has 102 valence electrons. The Kier molecular flexibility index (Phi) is 3.35. The van der Waals surface area contributed by atoms with Crippen LogP contribution in [0, 0.1) is 5.41 Å². The molecule has 1 N–H and O–H groups in total.